The van der Waals surface area contributed by atoms with Crippen LogP contribution < -0.4 is 0 Å². The van der Waals surface area contributed by atoms with E-state index in [0.29, 0.717) is 0 Å². The van der Waals surface area contributed by atoms with Crippen LogP contribution in [-0.2, 0) is 14.8 Å². The fourth-order valence-corrected chi connectivity index (χ4v) is 3.71. The van der Waals surface area contributed by atoms with Crippen molar-refractivity contribution < 1.29 is 22.7 Å². The Morgan fingerprint density at radius 2 is 2.16 bits per heavy atom. The van der Waals surface area contributed by atoms with E-state index in [-0.39, 0.29) is 29.4 Å². The van der Waals surface area contributed by atoms with Crippen molar-refractivity contribution >= 4 is 27.6 Å². The SMILES string of the molecule is O=C(O)[C@@H]1CCN(S(=O)(=O)c2ccc(F)c(Cl)c2)C1. The minimum Gasteiger partial charge on any atom is -0.481 e. The summed E-state index contributed by atoms with van der Waals surface area (Å²) in [6, 6.07) is 3.12. The summed E-state index contributed by atoms with van der Waals surface area (Å²) in [5, 5.41) is 8.57. The number of sulfonamides is 1. The minimum absolute atomic E-state index is 0.0767. The van der Waals surface area contributed by atoms with Gasteiger partial charge in [-0.15, -0.1) is 0 Å². The second-order valence-electron chi connectivity index (χ2n) is 4.26. The third-order valence-corrected chi connectivity index (χ3v) is 5.18. The molecule has 1 aromatic carbocycles. The second kappa shape index (κ2) is 5.07. The molecule has 1 heterocycles. The number of aliphatic carboxylic acids is 1. The van der Waals surface area contributed by atoms with Crippen molar-refractivity contribution in [3.05, 3.63) is 29.0 Å². The Morgan fingerprint density at radius 3 is 2.68 bits per heavy atom. The van der Waals surface area contributed by atoms with E-state index in [4.69, 9.17) is 16.7 Å². The maximum Gasteiger partial charge on any atom is 0.307 e. The van der Waals surface area contributed by atoms with E-state index in [0.717, 1.165) is 22.5 Å². The molecule has 0 aromatic heterocycles. The molecular weight excluding hydrogens is 297 g/mol. The van der Waals surface area contributed by atoms with Crippen LogP contribution in [0.3, 0.4) is 0 Å². The molecule has 1 N–H and O–H groups in total. The molecule has 2 rings (SSSR count). The van der Waals surface area contributed by atoms with Gasteiger partial charge in [0.05, 0.1) is 15.8 Å². The summed E-state index contributed by atoms with van der Waals surface area (Å²) in [5.74, 6) is -2.43. The fourth-order valence-electron chi connectivity index (χ4n) is 1.93. The molecule has 0 radical (unpaired) electrons. The molecule has 0 spiro atoms. The Balaban J connectivity index is 2.28. The number of carboxylic acids is 1. The van der Waals surface area contributed by atoms with E-state index in [9.17, 15) is 17.6 Å². The Bertz CT molecular complexity index is 619. The molecule has 1 aromatic rings. The number of carboxylic acid groups (broad SMARTS) is 1. The smallest absolute Gasteiger partial charge is 0.307 e. The zero-order valence-corrected chi connectivity index (χ0v) is 11.3. The van der Waals surface area contributed by atoms with Crippen molar-refractivity contribution in [1.82, 2.24) is 4.31 Å². The third-order valence-electron chi connectivity index (χ3n) is 3.03. The van der Waals surface area contributed by atoms with Gasteiger partial charge < -0.3 is 5.11 Å². The van der Waals surface area contributed by atoms with Crippen molar-refractivity contribution in [2.75, 3.05) is 13.1 Å². The average Bonchev–Trinajstić information content (AvgIpc) is 2.82. The van der Waals surface area contributed by atoms with Crippen LogP contribution in [0.2, 0.25) is 5.02 Å². The third kappa shape index (κ3) is 2.72. The Kier molecular flexibility index (Phi) is 3.80. The quantitative estimate of drug-likeness (QED) is 0.920. The van der Waals surface area contributed by atoms with Crippen LogP contribution in [0.1, 0.15) is 6.42 Å². The van der Waals surface area contributed by atoms with Crippen molar-refractivity contribution in [2.45, 2.75) is 11.3 Å². The molecule has 1 atom stereocenters. The van der Waals surface area contributed by atoms with Gasteiger partial charge in [-0.2, -0.15) is 4.31 Å². The standard InChI is InChI=1S/C11H11ClFNO4S/c12-9-5-8(1-2-10(9)13)19(17,18)14-4-3-7(6-14)11(15)16/h1-2,5,7H,3-4,6H2,(H,15,16)/t7-/m1/s1. The van der Waals surface area contributed by atoms with Gasteiger partial charge in [-0.25, -0.2) is 12.8 Å². The van der Waals surface area contributed by atoms with Gasteiger partial charge in [-0.3, -0.25) is 4.79 Å². The molecule has 0 aliphatic carbocycles. The van der Waals surface area contributed by atoms with Gasteiger partial charge in [0.15, 0.2) is 0 Å². The van der Waals surface area contributed by atoms with Crippen LogP contribution >= 0.6 is 11.6 Å². The molecule has 0 unspecified atom stereocenters. The van der Waals surface area contributed by atoms with Crippen LogP contribution in [-0.4, -0.2) is 36.9 Å². The molecule has 8 heteroatoms. The first-order valence-electron chi connectivity index (χ1n) is 5.50. The molecule has 19 heavy (non-hydrogen) atoms. The predicted molar refractivity (Wildman–Crippen MR) is 65.9 cm³/mol. The lowest BCUT2D eigenvalue weighted by Crippen LogP contribution is -2.30. The van der Waals surface area contributed by atoms with Gasteiger partial charge >= 0.3 is 5.97 Å². The van der Waals surface area contributed by atoms with Gasteiger partial charge in [0.1, 0.15) is 5.82 Å². The zero-order valence-electron chi connectivity index (χ0n) is 9.71. The normalized spacial score (nSPS) is 20.6. The van der Waals surface area contributed by atoms with Crippen LogP contribution in [0, 0.1) is 11.7 Å². The maximum absolute atomic E-state index is 13.0. The maximum atomic E-state index is 13.0. The molecule has 0 amide bonds. The predicted octanol–water partition coefficient (Wildman–Crippen LogP) is 1.57. The highest BCUT2D eigenvalue weighted by molar-refractivity contribution is 7.89. The number of nitrogens with zero attached hydrogens (tertiary/aromatic N) is 1. The van der Waals surface area contributed by atoms with E-state index in [2.05, 4.69) is 0 Å². The van der Waals surface area contributed by atoms with Crippen LogP contribution in [0.5, 0.6) is 0 Å². The van der Waals surface area contributed by atoms with E-state index in [1.54, 1.807) is 0 Å². The summed E-state index contributed by atoms with van der Waals surface area (Å²) in [5.41, 5.74) is 0. The van der Waals surface area contributed by atoms with E-state index in [1.807, 2.05) is 0 Å². The molecular formula is C11H11ClFNO4S. The van der Waals surface area contributed by atoms with Crippen molar-refractivity contribution in [3.8, 4) is 0 Å². The van der Waals surface area contributed by atoms with Crippen LogP contribution in [0.4, 0.5) is 4.39 Å². The van der Waals surface area contributed by atoms with Crippen LogP contribution in [0.15, 0.2) is 23.1 Å². The lowest BCUT2D eigenvalue weighted by Gasteiger charge is -2.16. The number of rotatable bonds is 3. The van der Waals surface area contributed by atoms with E-state index >= 15 is 0 Å². The molecule has 1 aliphatic rings. The van der Waals surface area contributed by atoms with Gasteiger partial charge in [-0.1, -0.05) is 11.6 Å². The largest absolute Gasteiger partial charge is 0.481 e. The van der Waals surface area contributed by atoms with E-state index < -0.39 is 27.7 Å². The highest BCUT2D eigenvalue weighted by Gasteiger charge is 2.35. The number of hydrogen-bond donors (Lipinski definition) is 1. The Hall–Kier alpha value is -1.18. The molecule has 1 saturated heterocycles. The number of carbonyl (C=O) groups is 1. The number of halogens is 2. The fraction of sp³-hybridized carbons (Fsp3) is 0.364. The summed E-state index contributed by atoms with van der Waals surface area (Å²) in [6.07, 6.45) is 0.267. The monoisotopic (exact) mass is 307 g/mol. The van der Waals surface area contributed by atoms with Gasteiger partial charge in [0, 0.05) is 13.1 Å². The summed E-state index contributed by atoms with van der Waals surface area (Å²) in [4.78, 5) is 10.7. The zero-order chi connectivity index (χ0) is 14.2. The first-order chi connectivity index (χ1) is 8.82. The summed E-state index contributed by atoms with van der Waals surface area (Å²) in [7, 11) is -3.83. The van der Waals surface area contributed by atoms with Crippen molar-refractivity contribution in [2.24, 2.45) is 5.92 Å². The van der Waals surface area contributed by atoms with Crippen LogP contribution in [0.25, 0.3) is 0 Å². The lowest BCUT2D eigenvalue weighted by molar-refractivity contribution is -0.141. The average molecular weight is 308 g/mol. The Morgan fingerprint density at radius 1 is 1.47 bits per heavy atom. The van der Waals surface area contributed by atoms with Crippen molar-refractivity contribution in [1.29, 1.82) is 0 Å². The molecule has 104 valence electrons. The molecule has 1 aliphatic heterocycles. The van der Waals surface area contributed by atoms with Crippen molar-refractivity contribution in [3.63, 3.8) is 0 Å². The summed E-state index contributed by atoms with van der Waals surface area (Å²) in [6.45, 7) is 0.0565. The lowest BCUT2D eigenvalue weighted by atomic mass is 10.1. The highest BCUT2D eigenvalue weighted by Crippen LogP contribution is 2.26. The van der Waals surface area contributed by atoms with Gasteiger partial charge in [-0.05, 0) is 24.6 Å². The Labute approximate surface area is 114 Å². The summed E-state index contributed by atoms with van der Waals surface area (Å²) < 4.78 is 38.5. The van der Waals surface area contributed by atoms with Gasteiger partial charge in [0.25, 0.3) is 0 Å². The molecule has 1 fully saturated rings. The number of benzene rings is 1. The minimum atomic E-state index is -3.83. The topological polar surface area (TPSA) is 74.7 Å². The number of hydrogen-bond acceptors (Lipinski definition) is 3. The first-order valence-corrected chi connectivity index (χ1v) is 7.32. The van der Waals surface area contributed by atoms with E-state index in [1.165, 1.54) is 0 Å². The highest BCUT2D eigenvalue weighted by atomic mass is 35.5. The van der Waals surface area contributed by atoms with Gasteiger partial charge in [0.2, 0.25) is 10.0 Å². The summed E-state index contributed by atoms with van der Waals surface area (Å²) >= 11 is 5.55. The molecule has 5 nitrogen and oxygen atoms in total. The molecule has 0 bridgehead atoms. The second-order valence-corrected chi connectivity index (χ2v) is 6.61. The first kappa shape index (κ1) is 14.2. The molecule has 0 saturated carbocycles.